The maximum absolute atomic E-state index is 12.6. The van der Waals surface area contributed by atoms with Gasteiger partial charge in [-0.05, 0) is 83.5 Å². The van der Waals surface area contributed by atoms with E-state index in [0.717, 1.165) is 51.4 Å². The average molecular weight is 1050 g/mol. The van der Waals surface area contributed by atoms with Gasteiger partial charge in [0.2, 0.25) is 5.91 Å². The van der Waals surface area contributed by atoms with Gasteiger partial charge >= 0.3 is 0 Å². The Labute approximate surface area is 469 Å². The molecule has 0 saturated carbocycles. The van der Waals surface area contributed by atoms with E-state index in [2.05, 4.69) is 67.8 Å². The number of nitrogens with one attached hydrogen (secondary N) is 1. The van der Waals surface area contributed by atoms with Gasteiger partial charge in [-0.3, -0.25) is 4.79 Å². The van der Waals surface area contributed by atoms with Gasteiger partial charge in [0.1, 0.15) is 6.10 Å². The molecule has 4 N–H and O–H groups in total. The third kappa shape index (κ3) is 59.8. The van der Waals surface area contributed by atoms with Crippen LogP contribution in [-0.4, -0.2) is 46.1 Å². The van der Waals surface area contributed by atoms with Crippen molar-refractivity contribution >= 4 is 5.91 Å². The van der Waals surface area contributed by atoms with Crippen LogP contribution in [0.25, 0.3) is 0 Å². The van der Waals surface area contributed by atoms with Crippen molar-refractivity contribution < 1.29 is 20.1 Å². The minimum absolute atomic E-state index is 0.154. The summed E-state index contributed by atoms with van der Waals surface area (Å²) in [6.07, 6.45) is 87.6. The Morgan fingerprint density at radius 3 is 0.893 bits per heavy atom. The standard InChI is InChI=1S/C70H133NO4/c1-3-5-7-9-11-13-15-17-19-21-23-25-27-28-29-30-31-32-33-34-35-36-37-38-39-40-41-42-43-45-47-49-51-53-55-57-59-61-63-65-69(74)71-67(66-72)70(75)68(73)64-62-60-58-56-54-52-50-48-46-44-26-24-22-20-18-16-14-12-10-8-6-4-2/h31-32,34-35,48,50,56,58,67-68,70,72-73,75H,3-30,33,36-47,49,51-55,57,59-66H2,1-2H3,(H,71,74)/b32-31-,35-34-,50-48+,58-56+. The topological polar surface area (TPSA) is 89.8 Å². The molecular weight excluding hydrogens is 919 g/mol. The zero-order chi connectivity index (χ0) is 54.3. The van der Waals surface area contributed by atoms with Gasteiger partial charge in [0.15, 0.2) is 0 Å². The number of hydrogen-bond donors (Lipinski definition) is 4. The zero-order valence-corrected chi connectivity index (χ0v) is 50.7. The number of aliphatic hydroxyl groups is 3. The van der Waals surface area contributed by atoms with Gasteiger partial charge in [0.05, 0.1) is 18.8 Å². The van der Waals surface area contributed by atoms with Crippen molar-refractivity contribution in [1.82, 2.24) is 5.32 Å². The predicted octanol–water partition coefficient (Wildman–Crippen LogP) is 21.9. The molecule has 75 heavy (non-hydrogen) atoms. The summed E-state index contributed by atoms with van der Waals surface area (Å²) >= 11 is 0. The van der Waals surface area contributed by atoms with E-state index in [0.29, 0.717) is 12.8 Å². The van der Waals surface area contributed by atoms with E-state index >= 15 is 0 Å². The monoisotopic (exact) mass is 1050 g/mol. The fraction of sp³-hybridized carbons (Fsp3) is 0.871. The number of allylic oxidation sites excluding steroid dienone is 8. The Hall–Kier alpha value is -1.69. The van der Waals surface area contributed by atoms with Crippen LogP contribution in [0.4, 0.5) is 0 Å². The van der Waals surface area contributed by atoms with Crippen molar-refractivity contribution in [3.8, 4) is 0 Å². The molecule has 0 bridgehead atoms. The lowest BCUT2D eigenvalue weighted by Crippen LogP contribution is -2.50. The van der Waals surface area contributed by atoms with E-state index in [1.54, 1.807) is 0 Å². The maximum Gasteiger partial charge on any atom is 0.220 e. The number of unbranched alkanes of at least 4 members (excludes halogenated alkanes) is 47. The van der Waals surface area contributed by atoms with Crippen molar-refractivity contribution in [3.63, 3.8) is 0 Å². The van der Waals surface area contributed by atoms with Gasteiger partial charge in [-0.15, -0.1) is 0 Å². The molecule has 0 aliphatic carbocycles. The Kier molecular flexibility index (Phi) is 63.4. The second kappa shape index (κ2) is 64.8. The molecule has 0 aromatic heterocycles. The van der Waals surface area contributed by atoms with Crippen LogP contribution in [0.2, 0.25) is 0 Å². The molecule has 0 radical (unpaired) electrons. The SMILES string of the molecule is CCCCCCCCCCCCCCC/C=C/CC/C=C/CCCC(O)C(O)C(CO)NC(=O)CCCCCCCCCCCCCCCCCCC/C=C\C/C=C\CCCCCCCCCCCCCCCCC. The highest BCUT2D eigenvalue weighted by atomic mass is 16.3. The van der Waals surface area contributed by atoms with Crippen LogP contribution >= 0.6 is 0 Å². The molecule has 0 aromatic carbocycles. The van der Waals surface area contributed by atoms with Crippen LogP contribution in [-0.2, 0) is 4.79 Å². The van der Waals surface area contributed by atoms with Gasteiger partial charge in [-0.1, -0.05) is 326 Å². The number of hydrogen-bond acceptors (Lipinski definition) is 4. The molecule has 0 saturated heterocycles. The van der Waals surface area contributed by atoms with Gasteiger partial charge < -0.3 is 20.6 Å². The number of rotatable bonds is 63. The van der Waals surface area contributed by atoms with Crippen LogP contribution in [0.1, 0.15) is 367 Å². The minimum atomic E-state index is -1.17. The zero-order valence-electron chi connectivity index (χ0n) is 50.7. The van der Waals surface area contributed by atoms with E-state index in [-0.39, 0.29) is 12.5 Å². The van der Waals surface area contributed by atoms with Gasteiger partial charge in [-0.25, -0.2) is 0 Å². The highest BCUT2D eigenvalue weighted by Gasteiger charge is 2.26. The number of carbonyl (C=O) groups is 1. The Balaban J connectivity index is 3.51. The van der Waals surface area contributed by atoms with Crippen molar-refractivity contribution in [1.29, 1.82) is 0 Å². The van der Waals surface area contributed by atoms with Crippen molar-refractivity contribution in [3.05, 3.63) is 48.6 Å². The minimum Gasteiger partial charge on any atom is -0.394 e. The lowest BCUT2D eigenvalue weighted by Gasteiger charge is -2.26. The van der Waals surface area contributed by atoms with Crippen molar-refractivity contribution in [2.24, 2.45) is 0 Å². The molecule has 0 heterocycles. The number of amides is 1. The second-order valence-corrected chi connectivity index (χ2v) is 23.4. The summed E-state index contributed by atoms with van der Waals surface area (Å²) < 4.78 is 0. The fourth-order valence-corrected chi connectivity index (χ4v) is 10.7. The normalized spacial score (nSPS) is 13.4. The molecule has 3 atom stereocenters. The van der Waals surface area contributed by atoms with E-state index in [9.17, 15) is 20.1 Å². The largest absolute Gasteiger partial charge is 0.394 e. The van der Waals surface area contributed by atoms with Crippen LogP contribution in [0.5, 0.6) is 0 Å². The van der Waals surface area contributed by atoms with Crippen LogP contribution in [0.3, 0.4) is 0 Å². The van der Waals surface area contributed by atoms with E-state index in [4.69, 9.17) is 0 Å². The first-order valence-electron chi connectivity index (χ1n) is 33.9. The van der Waals surface area contributed by atoms with Crippen LogP contribution in [0, 0.1) is 0 Å². The first kappa shape index (κ1) is 73.3. The summed E-state index contributed by atoms with van der Waals surface area (Å²) in [4.78, 5) is 12.6. The molecule has 0 rings (SSSR count). The smallest absolute Gasteiger partial charge is 0.220 e. The molecule has 0 aliphatic heterocycles. The maximum atomic E-state index is 12.6. The van der Waals surface area contributed by atoms with E-state index in [1.165, 1.54) is 289 Å². The first-order valence-corrected chi connectivity index (χ1v) is 33.9. The molecule has 442 valence electrons. The lowest BCUT2D eigenvalue weighted by molar-refractivity contribution is -0.124. The second-order valence-electron chi connectivity index (χ2n) is 23.4. The Bertz CT molecular complexity index is 1210. The summed E-state index contributed by atoms with van der Waals surface area (Å²) in [6.45, 7) is 4.21. The summed E-state index contributed by atoms with van der Waals surface area (Å²) in [7, 11) is 0. The van der Waals surface area contributed by atoms with Crippen molar-refractivity contribution in [2.45, 2.75) is 385 Å². The average Bonchev–Trinajstić information content (AvgIpc) is 3.41. The van der Waals surface area contributed by atoms with Gasteiger partial charge in [0, 0.05) is 6.42 Å². The highest BCUT2D eigenvalue weighted by Crippen LogP contribution is 2.18. The summed E-state index contributed by atoms with van der Waals surface area (Å²) in [6, 6.07) is -0.835. The lowest BCUT2D eigenvalue weighted by atomic mass is 10.0. The Morgan fingerprint density at radius 1 is 0.333 bits per heavy atom. The van der Waals surface area contributed by atoms with E-state index in [1.807, 2.05) is 0 Å². The van der Waals surface area contributed by atoms with Crippen LogP contribution < -0.4 is 5.32 Å². The molecule has 3 unspecified atom stereocenters. The van der Waals surface area contributed by atoms with E-state index < -0.39 is 18.2 Å². The summed E-state index contributed by atoms with van der Waals surface area (Å²) in [5.41, 5.74) is 0. The Morgan fingerprint density at radius 2 is 0.587 bits per heavy atom. The molecule has 0 aliphatic rings. The van der Waals surface area contributed by atoms with Gasteiger partial charge in [0.25, 0.3) is 0 Å². The molecule has 0 fully saturated rings. The summed E-state index contributed by atoms with van der Waals surface area (Å²) in [5, 5.41) is 33.8. The van der Waals surface area contributed by atoms with Gasteiger partial charge in [-0.2, -0.15) is 0 Å². The molecular formula is C70H133NO4. The number of aliphatic hydroxyl groups excluding tert-OH is 3. The molecule has 0 aromatic rings. The quantitative estimate of drug-likeness (QED) is 0.0361. The van der Waals surface area contributed by atoms with Crippen LogP contribution in [0.15, 0.2) is 48.6 Å². The molecule has 5 nitrogen and oxygen atoms in total. The molecule has 1 amide bonds. The summed E-state index contributed by atoms with van der Waals surface area (Å²) in [5.74, 6) is -0.154. The fourth-order valence-electron chi connectivity index (χ4n) is 10.7. The predicted molar refractivity (Wildman–Crippen MR) is 333 cm³/mol. The molecule has 0 spiro atoms. The number of carbonyl (C=O) groups excluding carboxylic acids is 1. The third-order valence-corrected chi connectivity index (χ3v) is 15.9. The van der Waals surface area contributed by atoms with Crippen molar-refractivity contribution in [2.75, 3.05) is 6.61 Å². The highest BCUT2D eigenvalue weighted by molar-refractivity contribution is 5.76. The molecule has 5 heteroatoms. The first-order chi connectivity index (χ1) is 37.1. The third-order valence-electron chi connectivity index (χ3n) is 15.9.